The number of carbonyl (C=O) groups is 2. The molecule has 10 heteroatoms. The fraction of sp³-hybridized carbons (Fsp3) is 0.778. The van der Waals surface area contributed by atoms with Gasteiger partial charge in [0.1, 0.15) is 11.9 Å². The van der Waals surface area contributed by atoms with Gasteiger partial charge in [-0.3, -0.25) is 9.59 Å². The van der Waals surface area contributed by atoms with Crippen molar-refractivity contribution in [1.82, 2.24) is 0 Å². The van der Waals surface area contributed by atoms with Crippen molar-refractivity contribution in [2.24, 2.45) is 45.8 Å². The molecule has 306 valence electrons. The van der Waals surface area contributed by atoms with Gasteiger partial charge in [0.2, 0.25) is 5.91 Å². The highest BCUT2D eigenvalue weighted by Crippen LogP contribution is 2.72. The molecule has 6 N–H and O–H groups in total. The van der Waals surface area contributed by atoms with Crippen molar-refractivity contribution in [3.63, 3.8) is 0 Å². The first-order valence-corrected chi connectivity index (χ1v) is 21.4. The Balaban J connectivity index is 1.25. The van der Waals surface area contributed by atoms with E-state index in [1.165, 1.54) is 0 Å². The summed E-state index contributed by atoms with van der Waals surface area (Å²) in [6.45, 7) is 12.6. The second-order valence-corrected chi connectivity index (χ2v) is 19.6. The molecule has 4 aliphatic carbocycles. The van der Waals surface area contributed by atoms with Gasteiger partial charge in [0.05, 0.1) is 41.5 Å². The minimum Gasteiger partial charge on any atom is -0.508 e. The Bertz CT molecular complexity index is 1670. The van der Waals surface area contributed by atoms with Crippen LogP contribution in [0.4, 0.5) is 5.69 Å². The largest absolute Gasteiger partial charge is 0.508 e. The number of epoxide rings is 1. The standard InChI is InChI=1S/C45H67NO9/c1-7-8-9-10-29-19-38(52)46(24-29)30-17-28(18-31(48)20-30)11-14-43-15-12-32-33(21-37(51)44(25-47)23-35(50)34(49)22-41(32,44)5)45(43,54)16-13-36(43)42(6,53)40-39(55-40)27(4)26(2)3/h17-18,20-21,26-27,29,32,34-36,39-40,47-50,53-54H,7-16,19,22-25H2,1-6H3/t27-,29-,32-,34+,35-,36-,39+,40+,41-,42-,43-,44+,45-/m1/s1. The van der Waals surface area contributed by atoms with E-state index in [0.29, 0.717) is 68.7 Å². The molecule has 0 bridgehead atoms. The van der Waals surface area contributed by atoms with E-state index in [2.05, 4.69) is 27.7 Å². The first-order valence-electron chi connectivity index (χ1n) is 21.4. The molecule has 3 saturated carbocycles. The van der Waals surface area contributed by atoms with Crippen molar-refractivity contribution in [2.75, 3.05) is 18.1 Å². The average Bonchev–Trinajstić information content (AvgIpc) is 3.76. The number of ether oxygens (including phenoxy) is 1. The van der Waals surface area contributed by atoms with E-state index < -0.39 is 52.4 Å². The van der Waals surface area contributed by atoms with Gasteiger partial charge in [0, 0.05) is 30.1 Å². The van der Waals surface area contributed by atoms with Crippen LogP contribution in [-0.4, -0.2) is 91.1 Å². The van der Waals surface area contributed by atoms with E-state index in [9.17, 15) is 40.2 Å². The molecule has 10 nitrogen and oxygen atoms in total. The normalized spacial score (nSPS) is 41.4. The van der Waals surface area contributed by atoms with Gasteiger partial charge in [-0.25, -0.2) is 0 Å². The molecule has 13 atom stereocenters. The monoisotopic (exact) mass is 765 g/mol. The smallest absolute Gasteiger partial charge is 0.227 e. The Labute approximate surface area is 327 Å². The molecule has 1 aromatic rings. The second kappa shape index (κ2) is 14.5. The lowest BCUT2D eigenvalue weighted by atomic mass is 9.40. The molecule has 2 aliphatic heterocycles. The molecule has 0 unspecified atom stereocenters. The zero-order valence-electron chi connectivity index (χ0n) is 34.0. The number of phenolic OH excluding ortho intramolecular Hbond substituents is 1. The topological polar surface area (TPSA) is 171 Å². The zero-order chi connectivity index (χ0) is 39.9. The molecule has 0 aromatic heterocycles. The van der Waals surface area contributed by atoms with Crippen LogP contribution in [0.25, 0.3) is 0 Å². The SMILES string of the molecule is CCCCC[C@@H]1CC(=O)N(c2cc(O)cc(CC[C@]34CC[C@@H]5C(=CC(=O)[C@@]6(CO)C[C@@H](O)[C@@H](O)C[C@]56C)[C@]3(O)CC[C@@H]4[C@@](C)(O)[C@H]3O[C@H]3[C@H](C)C(C)C)c2)C1. The number of allylic oxidation sites excluding steroid dienone is 1. The zero-order valence-corrected chi connectivity index (χ0v) is 34.0. The maximum atomic E-state index is 14.3. The Hall–Kier alpha value is -2.34. The summed E-state index contributed by atoms with van der Waals surface area (Å²) in [7, 11) is 0. The first kappa shape index (κ1) is 40.8. The first-order chi connectivity index (χ1) is 25.9. The molecule has 5 fully saturated rings. The average molecular weight is 766 g/mol. The number of carbonyl (C=O) groups excluding carboxylic acids is 2. The van der Waals surface area contributed by atoms with Gasteiger partial charge in [0.25, 0.3) is 0 Å². The number of hydrogen-bond acceptors (Lipinski definition) is 9. The molecule has 1 aromatic carbocycles. The number of aliphatic hydroxyl groups is 5. The number of anilines is 1. The van der Waals surface area contributed by atoms with Crippen molar-refractivity contribution in [3.05, 3.63) is 35.4 Å². The number of fused-ring (bicyclic) bond motifs is 5. The Morgan fingerprint density at radius 3 is 2.45 bits per heavy atom. The van der Waals surface area contributed by atoms with E-state index in [1.807, 2.05) is 19.9 Å². The number of phenols is 1. The highest BCUT2D eigenvalue weighted by molar-refractivity contribution is 5.98. The lowest BCUT2D eigenvalue weighted by molar-refractivity contribution is -0.195. The molecular weight excluding hydrogens is 698 g/mol. The van der Waals surface area contributed by atoms with Gasteiger partial charge < -0.3 is 40.3 Å². The summed E-state index contributed by atoms with van der Waals surface area (Å²) in [6, 6.07) is 5.36. The molecule has 2 saturated heterocycles. The number of ketones is 1. The minimum absolute atomic E-state index is 0.0472. The van der Waals surface area contributed by atoms with Gasteiger partial charge in [0.15, 0.2) is 5.78 Å². The van der Waals surface area contributed by atoms with Crippen LogP contribution in [0, 0.1) is 45.8 Å². The lowest BCUT2D eigenvalue weighted by Crippen LogP contribution is -2.67. The van der Waals surface area contributed by atoms with Gasteiger partial charge in [-0.05, 0) is 129 Å². The Kier molecular flexibility index (Phi) is 10.8. The van der Waals surface area contributed by atoms with E-state index in [-0.39, 0.29) is 60.1 Å². The molecule has 55 heavy (non-hydrogen) atoms. The second-order valence-electron chi connectivity index (χ2n) is 19.6. The molecule has 0 radical (unpaired) electrons. The van der Waals surface area contributed by atoms with Crippen LogP contribution >= 0.6 is 0 Å². The summed E-state index contributed by atoms with van der Waals surface area (Å²) in [5.74, 6) is -0.0241. The summed E-state index contributed by atoms with van der Waals surface area (Å²) in [6.07, 6.45) is 6.67. The van der Waals surface area contributed by atoms with Crippen molar-refractivity contribution in [3.8, 4) is 5.75 Å². The third-order valence-corrected chi connectivity index (χ3v) is 16.5. The fourth-order valence-corrected chi connectivity index (χ4v) is 12.8. The van der Waals surface area contributed by atoms with Gasteiger partial charge in [-0.15, -0.1) is 0 Å². The molecule has 6 aliphatic rings. The highest BCUT2D eigenvalue weighted by Gasteiger charge is 2.74. The third-order valence-electron chi connectivity index (χ3n) is 16.5. The van der Waals surface area contributed by atoms with Crippen LogP contribution in [0.5, 0.6) is 5.75 Å². The number of aryl methyl sites for hydroxylation is 1. The van der Waals surface area contributed by atoms with E-state index in [1.54, 1.807) is 23.1 Å². The number of unbranched alkanes of at least 4 members (excludes halogenated alkanes) is 2. The summed E-state index contributed by atoms with van der Waals surface area (Å²) >= 11 is 0. The predicted molar refractivity (Wildman–Crippen MR) is 209 cm³/mol. The number of benzene rings is 1. The van der Waals surface area contributed by atoms with Gasteiger partial charge in [-0.2, -0.15) is 0 Å². The van der Waals surface area contributed by atoms with Crippen LogP contribution in [-0.2, 0) is 20.7 Å². The van der Waals surface area contributed by atoms with Crippen LogP contribution in [0.3, 0.4) is 0 Å². The van der Waals surface area contributed by atoms with Crippen LogP contribution in [0.2, 0.25) is 0 Å². The van der Waals surface area contributed by atoms with Crippen molar-refractivity contribution in [1.29, 1.82) is 0 Å². The molecular formula is C45H67NO9. The van der Waals surface area contributed by atoms with Crippen molar-refractivity contribution >= 4 is 17.4 Å². The lowest BCUT2D eigenvalue weighted by Gasteiger charge is -2.64. The van der Waals surface area contributed by atoms with Crippen molar-refractivity contribution in [2.45, 2.75) is 161 Å². The molecule has 7 rings (SSSR count). The highest BCUT2D eigenvalue weighted by atomic mass is 16.6. The van der Waals surface area contributed by atoms with Crippen LogP contribution in [0.1, 0.15) is 124 Å². The summed E-state index contributed by atoms with van der Waals surface area (Å²) in [5, 5.41) is 69.7. The fourth-order valence-electron chi connectivity index (χ4n) is 12.8. The maximum Gasteiger partial charge on any atom is 0.227 e. The third kappa shape index (κ3) is 6.35. The van der Waals surface area contributed by atoms with Crippen LogP contribution < -0.4 is 4.90 Å². The predicted octanol–water partition coefficient (Wildman–Crippen LogP) is 5.62. The number of rotatable bonds is 13. The number of nitrogens with zero attached hydrogens (tertiary/aromatic N) is 1. The van der Waals surface area contributed by atoms with E-state index in [0.717, 1.165) is 31.2 Å². The van der Waals surface area contributed by atoms with E-state index >= 15 is 0 Å². The Morgan fingerprint density at radius 1 is 1.04 bits per heavy atom. The summed E-state index contributed by atoms with van der Waals surface area (Å²) in [4.78, 5) is 29.4. The summed E-state index contributed by atoms with van der Waals surface area (Å²) in [5.41, 5.74) is -3.69. The quantitative estimate of drug-likeness (QED) is 0.110. The van der Waals surface area contributed by atoms with Gasteiger partial charge in [-0.1, -0.05) is 53.9 Å². The van der Waals surface area contributed by atoms with Gasteiger partial charge >= 0.3 is 0 Å². The summed E-state index contributed by atoms with van der Waals surface area (Å²) < 4.78 is 6.29. The molecule has 2 heterocycles. The minimum atomic E-state index is -1.48. The molecule has 1 amide bonds. The van der Waals surface area contributed by atoms with E-state index in [4.69, 9.17) is 4.74 Å². The number of aromatic hydroxyl groups is 1. The van der Waals surface area contributed by atoms with Crippen molar-refractivity contribution < 1.29 is 45.0 Å². The van der Waals surface area contributed by atoms with Crippen LogP contribution in [0.15, 0.2) is 29.8 Å². The molecule has 0 spiro atoms. The Morgan fingerprint density at radius 2 is 1.76 bits per heavy atom. The number of hydrogen-bond donors (Lipinski definition) is 6. The number of amides is 1. The maximum absolute atomic E-state index is 14.3. The number of aliphatic hydroxyl groups excluding tert-OH is 3.